The van der Waals surface area contributed by atoms with Gasteiger partial charge in [-0.25, -0.2) is 4.79 Å². The number of benzene rings is 1. The molecule has 0 unspecified atom stereocenters. The highest BCUT2D eigenvalue weighted by Crippen LogP contribution is 2.21. The van der Waals surface area contributed by atoms with Crippen LogP contribution in [0.5, 0.6) is 0 Å². The van der Waals surface area contributed by atoms with Crippen molar-refractivity contribution in [3.8, 4) is 0 Å². The van der Waals surface area contributed by atoms with Crippen LogP contribution in [0.15, 0.2) is 24.3 Å². The van der Waals surface area contributed by atoms with Crippen molar-refractivity contribution in [1.82, 2.24) is 10.2 Å². The van der Waals surface area contributed by atoms with Crippen LogP contribution in [0.1, 0.15) is 32.8 Å². The van der Waals surface area contributed by atoms with Crippen molar-refractivity contribution in [2.75, 3.05) is 13.1 Å². The molecule has 6 nitrogen and oxygen atoms in total. The van der Waals surface area contributed by atoms with Gasteiger partial charge in [-0.2, -0.15) is 0 Å². The first-order valence-electron chi connectivity index (χ1n) is 8.34. The van der Waals surface area contributed by atoms with Crippen molar-refractivity contribution >= 4 is 23.7 Å². The zero-order valence-electron chi connectivity index (χ0n) is 14.8. The quantitative estimate of drug-likeness (QED) is 0.853. The topological polar surface area (TPSA) is 78.9 Å². The fraction of sp³-hybridized carbons (Fsp3) is 0.556. The number of carboxylic acids is 1. The number of carbonyl (C=O) groups is 2. The lowest BCUT2D eigenvalue weighted by Crippen LogP contribution is -2.54. The molecular formula is C18H25ClN2O4. The summed E-state index contributed by atoms with van der Waals surface area (Å²) in [5, 5.41) is 13.5. The van der Waals surface area contributed by atoms with Gasteiger partial charge in [0.25, 0.3) is 0 Å². The SMILES string of the molecule is CC(C)(C)OC(=O)N1CC[C@@H](NCc2cccc(Cl)c2)[C@@H](C(=O)O)C1. The number of piperidine rings is 1. The molecule has 0 aliphatic carbocycles. The third-order valence-corrected chi connectivity index (χ3v) is 4.27. The first kappa shape index (κ1) is 19.5. The Labute approximate surface area is 153 Å². The van der Waals surface area contributed by atoms with Gasteiger partial charge in [0.05, 0.1) is 5.92 Å². The number of nitrogens with one attached hydrogen (secondary N) is 1. The summed E-state index contributed by atoms with van der Waals surface area (Å²) in [6.07, 6.45) is 0.0867. The fourth-order valence-corrected chi connectivity index (χ4v) is 3.05. The van der Waals surface area contributed by atoms with Gasteiger partial charge in [0.1, 0.15) is 5.60 Å². The van der Waals surface area contributed by atoms with Crippen molar-refractivity contribution in [2.45, 2.75) is 45.4 Å². The van der Waals surface area contributed by atoms with E-state index >= 15 is 0 Å². The predicted octanol–water partition coefficient (Wildman–Crippen LogP) is 3.14. The number of carbonyl (C=O) groups excluding carboxylic acids is 1. The average Bonchev–Trinajstić information content (AvgIpc) is 2.51. The van der Waals surface area contributed by atoms with Crippen molar-refractivity contribution in [3.63, 3.8) is 0 Å². The summed E-state index contributed by atoms with van der Waals surface area (Å²) in [6, 6.07) is 7.23. The zero-order valence-corrected chi connectivity index (χ0v) is 15.5. The fourth-order valence-electron chi connectivity index (χ4n) is 2.83. The number of nitrogens with zero attached hydrogens (tertiary/aromatic N) is 1. The number of carboxylic acid groups (broad SMARTS) is 1. The second kappa shape index (κ2) is 8.06. The lowest BCUT2D eigenvalue weighted by Gasteiger charge is -2.37. The van der Waals surface area contributed by atoms with Gasteiger partial charge < -0.3 is 20.1 Å². The van der Waals surface area contributed by atoms with Gasteiger partial charge in [0, 0.05) is 30.7 Å². The smallest absolute Gasteiger partial charge is 0.410 e. The van der Waals surface area contributed by atoms with Crippen LogP contribution >= 0.6 is 11.6 Å². The summed E-state index contributed by atoms with van der Waals surface area (Å²) in [4.78, 5) is 25.3. The Morgan fingerprint density at radius 2 is 2.12 bits per heavy atom. The number of hydrogen-bond donors (Lipinski definition) is 2. The minimum Gasteiger partial charge on any atom is -0.481 e. The standard InChI is InChI=1S/C18H25ClN2O4/c1-18(2,3)25-17(24)21-8-7-15(14(11-21)16(22)23)20-10-12-5-4-6-13(19)9-12/h4-6,9,14-15,20H,7-8,10-11H2,1-3H3,(H,22,23)/t14-,15+/m0/s1. The lowest BCUT2D eigenvalue weighted by molar-refractivity contribution is -0.144. The molecule has 2 rings (SSSR count). The van der Waals surface area contributed by atoms with Crippen molar-refractivity contribution in [1.29, 1.82) is 0 Å². The maximum atomic E-state index is 12.2. The molecule has 1 saturated heterocycles. The monoisotopic (exact) mass is 368 g/mol. The largest absolute Gasteiger partial charge is 0.481 e. The molecule has 0 aromatic heterocycles. The molecule has 1 aliphatic rings. The molecule has 0 bridgehead atoms. The normalized spacial score (nSPS) is 21.0. The van der Waals surface area contributed by atoms with E-state index in [0.29, 0.717) is 24.5 Å². The summed E-state index contributed by atoms with van der Waals surface area (Å²) in [5.41, 5.74) is 0.392. The lowest BCUT2D eigenvalue weighted by atomic mass is 9.92. The molecule has 138 valence electrons. The Morgan fingerprint density at radius 1 is 1.40 bits per heavy atom. The maximum Gasteiger partial charge on any atom is 0.410 e. The number of amides is 1. The summed E-state index contributed by atoms with van der Waals surface area (Å²) in [7, 11) is 0. The van der Waals surface area contributed by atoms with Crippen molar-refractivity contribution in [2.24, 2.45) is 5.92 Å². The van der Waals surface area contributed by atoms with E-state index in [9.17, 15) is 14.7 Å². The van der Waals surface area contributed by atoms with Gasteiger partial charge in [0.15, 0.2) is 0 Å². The number of halogens is 1. The van der Waals surface area contributed by atoms with Gasteiger partial charge in [-0.3, -0.25) is 4.79 Å². The van der Waals surface area contributed by atoms with Gasteiger partial charge in [-0.15, -0.1) is 0 Å². The Balaban J connectivity index is 1.97. The van der Waals surface area contributed by atoms with Gasteiger partial charge >= 0.3 is 12.1 Å². The molecule has 1 fully saturated rings. The number of hydrogen-bond acceptors (Lipinski definition) is 4. The van der Waals surface area contributed by atoms with Crippen LogP contribution in [0, 0.1) is 5.92 Å². The predicted molar refractivity (Wildman–Crippen MR) is 95.6 cm³/mol. The van der Waals surface area contributed by atoms with Crippen molar-refractivity contribution < 1.29 is 19.4 Å². The second-order valence-electron chi connectivity index (χ2n) is 7.28. The van der Waals surface area contributed by atoms with E-state index in [1.807, 2.05) is 18.2 Å². The number of ether oxygens (including phenoxy) is 1. The molecule has 0 spiro atoms. The highest BCUT2D eigenvalue weighted by atomic mass is 35.5. The molecule has 25 heavy (non-hydrogen) atoms. The molecule has 0 radical (unpaired) electrons. The Hall–Kier alpha value is -1.79. The maximum absolute atomic E-state index is 12.2. The van der Waals surface area contributed by atoms with Gasteiger partial charge in [0.2, 0.25) is 0 Å². The van der Waals surface area contributed by atoms with E-state index in [4.69, 9.17) is 16.3 Å². The van der Waals surface area contributed by atoms with E-state index in [0.717, 1.165) is 5.56 Å². The zero-order chi connectivity index (χ0) is 18.6. The van der Waals surface area contributed by atoms with E-state index < -0.39 is 23.6 Å². The highest BCUT2D eigenvalue weighted by molar-refractivity contribution is 6.30. The molecular weight excluding hydrogens is 344 g/mol. The third kappa shape index (κ3) is 5.90. The van der Waals surface area contributed by atoms with E-state index in [2.05, 4.69) is 5.32 Å². The molecule has 1 amide bonds. The van der Waals surface area contributed by atoms with E-state index in [1.54, 1.807) is 26.8 Å². The molecule has 2 N–H and O–H groups in total. The van der Waals surface area contributed by atoms with Crippen molar-refractivity contribution in [3.05, 3.63) is 34.9 Å². The van der Waals surface area contributed by atoms with E-state index in [-0.39, 0.29) is 12.6 Å². The van der Waals surface area contributed by atoms with Crippen LogP contribution < -0.4 is 5.32 Å². The van der Waals surface area contributed by atoms with Crippen LogP contribution in [0.3, 0.4) is 0 Å². The Bertz CT molecular complexity index is 630. The Morgan fingerprint density at radius 3 is 2.72 bits per heavy atom. The van der Waals surface area contributed by atoms with E-state index in [1.165, 1.54) is 4.90 Å². The molecule has 1 heterocycles. The summed E-state index contributed by atoms with van der Waals surface area (Å²) < 4.78 is 5.34. The van der Waals surface area contributed by atoms with Crippen LogP contribution in [0.4, 0.5) is 4.79 Å². The summed E-state index contributed by atoms with van der Waals surface area (Å²) >= 11 is 5.97. The van der Waals surface area contributed by atoms with Crippen LogP contribution in [0.2, 0.25) is 5.02 Å². The number of likely N-dealkylation sites (tertiary alicyclic amines) is 1. The molecule has 0 saturated carbocycles. The van der Waals surface area contributed by atoms with Crippen LogP contribution in [0.25, 0.3) is 0 Å². The summed E-state index contributed by atoms with van der Waals surface area (Å²) in [6.45, 7) is 6.50. The first-order chi connectivity index (χ1) is 11.7. The van der Waals surface area contributed by atoms with Gasteiger partial charge in [-0.05, 0) is 44.9 Å². The minimum absolute atomic E-state index is 0.136. The summed E-state index contributed by atoms with van der Waals surface area (Å²) in [5.74, 6) is -1.60. The molecule has 2 atom stereocenters. The molecule has 7 heteroatoms. The number of aliphatic carboxylic acids is 1. The average molecular weight is 369 g/mol. The Kier molecular flexibility index (Phi) is 6.30. The molecule has 1 aromatic rings. The second-order valence-corrected chi connectivity index (χ2v) is 7.71. The minimum atomic E-state index is -0.920. The van der Waals surface area contributed by atoms with Gasteiger partial charge in [-0.1, -0.05) is 23.7 Å². The molecule has 1 aromatic carbocycles. The third-order valence-electron chi connectivity index (χ3n) is 4.04. The highest BCUT2D eigenvalue weighted by Gasteiger charge is 2.37. The molecule has 1 aliphatic heterocycles. The van der Waals surface area contributed by atoms with Crippen LogP contribution in [-0.4, -0.2) is 46.8 Å². The first-order valence-corrected chi connectivity index (χ1v) is 8.72. The number of rotatable bonds is 4. The van der Waals surface area contributed by atoms with Crippen LogP contribution in [-0.2, 0) is 16.1 Å².